The summed E-state index contributed by atoms with van der Waals surface area (Å²) in [5, 5.41) is 3.40. The Morgan fingerprint density at radius 3 is 2.94 bits per heavy atom. The van der Waals surface area contributed by atoms with Crippen LogP contribution in [0.4, 0.5) is 0 Å². The van der Waals surface area contributed by atoms with Gasteiger partial charge in [-0.1, -0.05) is 20.3 Å². The molecule has 0 aromatic carbocycles. The molecule has 0 aliphatic carbocycles. The van der Waals surface area contributed by atoms with E-state index < -0.39 is 0 Å². The fourth-order valence-corrected chi connectivity index (χ4v) is 1.84. The normalized spacial score (nSPS) is 21.4. The highest BCUT2D eigenvalue weighted by molar-refractivity contribution is 5.74. The fourth-order valence-electron chi connectivity index (χ4n) is 1.84. The number of hydrogen-bond donors (Lipinski definition) is 1. The van der Waals surface area contributed by atoms with Crippen molar-refractivity contribution in [2.24, 2.45) is 0 Å². The van der Waals surface area contributed by atoms with Gasteiger partial charge < -0.3 is 14.8 Å². The van der Waals surface area contributed by atoms with Gasteiger partial charge in [0.05, 0.1) is 0 Å². The van der Waals surface area contributed by atoms with Crippen LogP contribution >= 0.6 is 0 Å². The topological polar surface area (TPSA) is 47.6 Å². The van der Waals surface area contributed by atoms with Gasteiger partial charge in [0.2, 0.25) is 0 Å². The maximum Gasteiger partial charge on any atom is 0.335 e. The molecule has 1 fully saturated rings. The molecule has 2 unspecified atom stereocenters. The quantitative estimate of drug-likeness (QED) is 0.522. The summed E-state index contributed by atoms with van der Waals surface area (Å²) in [4.78, 5) is 11.6. The largest absolute Gasteiger partial charge is 0.462 e. The molecule has 0 aromatic heterocycles. The monoisotopic (exact) mass is 243 g/mol. The van der Waals surface area contributed by atoms with Crippen LogP contribution in [0.5, 0.6) is 0 Å². The zero-order valence-electron chi connectivity index (χ0n) is 11.0. The molecule has 1 rings (SSSR count). The third-order valence-corrected chi connectivity index (χ3v) is 3.08. The van der Waals surface area contributed by atoms with Crippen molar-refractivity contribution < 1.29 is 14.3 Å². The first-order chi connectivity index (χ1) is 8.27. The maximum atomic E-state index is 11.6. The van der Waals surface area contributed by atoms with Gasteiger partial charge in [0.1, 0.15) is 6.61 Å². The SMILES string of the molecule is CCCCNC(CC)COC(=O)C1CCCO1. The molecule has 0 radical (unpaired) electrons. The number of hydrogen-bond acceptors (Lipinski definition) is 4. The number of nitrogens with one attached hydrogen (secondary N) is 1. The van der Waals surface area contributed by atoms with E-state index in [2.05, 4.69) is 19.2 Å². The summed E-state index contributed by atoms with van der Waals surface area (Å²) in [5.74, 6) is -0.196. The summed E-state index contributed by atoms with van der Waals surface area (Å²) >= 11 is 0. The van der Waals surface area contributed by atoms with Crippen LogP contribution in [0.15, 0.2) is 0 Å². The average molecular weight is 243 g/mol. The maximum absolute atomic E-state index is 11.6. The van der Waals surface area contributed by atoms with Crippen molar-refractivity contribution in [3.63, 3.8) is 0 Å². The minimum atomic E-state index is -0.317. The van der Waals surface area contributed by atoms with E-state index in [1.165, 1.54) is 6.42 Å². The van der Waals surface area contributed by atoms with Gasteiger partial charge in [0.15, 0.2) is 6.10 Å². The van der Waals surface area contributed by atoms with E-state index in [-0.39, 0.29) is 18.1 Å². The number of carbonyl (C=O) groups excluding carboxylic acids is 1. The van der Waals surface area contributed by atoms with Crippen LogP contribution in [-0.4, -0.2) is 37.9 Å². The first-order valence-electron chi connectivity index (χ1n) is 6.79. The van der Waals surface area contributed by atoms with E-state index in [4.69, 9.17) is 9.47 Å². The van der Waals surface area contributed by atoms with Crippen molar-refractivity contribution in [1.29, 1.82) is 0 Å². The van der Waals surface area contributed by atoms with Gasteiger partial charge in [-0.2, -0.15) is 0 Å². The second-order valence-electron chi connectivity index (χ2n) is 4.54. The lowest BCUT2D eigenvalue weighted by atomic mass is 10.2. The van der Waals surface area contributed by atoms with Crippen LogP contribution in [0.3, 0.4) is 0 Å². The second-order valence-corrected chi connectivity index (χ2v) is 4.54. The molecule has 100 valence electrons. The Morgan fingerprint density at radius 1 is 1.53 bits per heavy atom. The van der Waals surface area contributed by atoms with Crippen molar-refractivity contribution >= 4 is 5.97 Å². The van der Waals surface area contributed by atoms with E-state index >= 15 is 0 Å². The van der Waals surface area contributed by atoms with Gasteiger partial charge >= 0.3 is 5.97 Å². The van der Waals surface area contributed by atoms with Crippen LogP contribution in [0, 0.1) is 0 Å². The highest BCUT2D eigenvalue weighted by Gasteiger charge is 2.25. The lowest BCUT2D eigenvalue weighted by Gasteiger charge is -2.18. The molecular formula is C13H25NO3. The molecule has 1 saturated heterocycles. The molecule has 1 N–H and O–H groups in total. The van der Waals surface area contributed by atoms with E-state index in [9.17, 15) is 4.79 Å². The van der Waals surface area contributed by atoms with Gasteiger partial charge in [0.25, 0.3) is 0 Å². The molecule has 2 atom stereocenters. The molecule has 0 aromatic rings. The molecule has 1 aliphatic rings. The van der Waals surface area contributed by atoms with Gasteiger partial charge in [-0.15, -0.1) is 0 Å². The third kappa shape index (κ3) is 5.50. The zero-order chi connectivity index (χ0) is 12.5. The smallest absolute Gasteiger partial charge is 0.335 e. The molecule has 0 spiro atoms. The summed E-state index contributed by atoms with van der Waals surface area (Å²) in [6.07, 6.45) is 4.77. The Labute approximate surface area is 104 Å². The Kier molecular flexibility index (Phi) is 7.21. The van der Waals surface area contributed by atoms with Crippen LogP contribution in [0.1, 0.15) is 46.0 Å². The van der Waals surface area contributed by atoms with Crippen molar-refractivity contribution in [1.82, 2.24) is 5.32 Å². The highest BCUT2D eigenvalue weighted by atomic mass is 16.6. The minimum absolute atomic E-state index is 0.196. The molecule has 17 heavy (non-hydrogen) atoms. The van der Waals surface area contributed by atoms with Crippen LogP contribution in [-0.2, 0) is 14.3 Å². The minimum Gasteiger partial charge on any atom is -0.462 e. The third-order valence-electron chi connectivity index (χ3n) is 3.08. The summed E-state index contributed by atoms with van der Waals surface area (Å²) < 4.78 is 10.6. The fraction of sp³-hybridized carbons (Fsp3) is 0.923. The summed E-state index contributed by atoms with van der Waals surface area (Å²) in [7, 11) is 0. The van der Waals surface area contributed by atoms with Crippen molar-refractivity contribution in [3.8, 4) is 0 Å². The number of unbranched alkanes of at least 4 members (excludes halogenated alkanes) is 1. The molecule has 4 heteroatoms. The van der Waals surface area contributed by atoms with Crippen LogP contribution in [0.2, 0.25) is 0 Å². The van der Waals surface area contributed by atoms with Gasteiger partial charge in [-0.05, 0) is 32.2 Å². The number of ether oxygens (including phenoxy) is 2. The van der Waals surface area contributed by atoms with Gasteiger partial charge in [-0.25, -0.2) is 4.79 Å². The second kappa shape index (κ2) is 8.48. The predicted octanol–water partition coefficient (Wildman–Crippen LogP) is 1.88. The highest BCUT2D eigenvalue weighted by Crippen LogP contribution is 2.13. The molecule has 1 heterocycles. The van der Waals surface area contributed by atoms with Gasteiger partial charge in [0, 0.05) is 12.6 Å². The van der Waals surface area contributed by atoms with Crippen molar-refractivity contribution in [3.05, 3.63) is 0 Å². The standard InChI is InChI=1S/C13H25NO3/c1-3-5-8-14-11(4-2)10-17-13(15)12-7-6-9-16-12/h11-12,14H,3-10H2,1-2H3. The Morgan fingerprint density at radius 2 is 2.35 bits per heavy atom. The van der Waals surface area contributed by atoms with E-state index in [0.717, 1.165) is 32.2 Å². The molecule has 1 aliphatic heterocycles. The molecular weight excluding hydrogens is 218 g/mol. The first-order valence-corrected chi connectivity index (χ1v) is 6.79. The van der Waals surface area contributed by atoms with Crippen LogP contribution < -0.4 is 5.32 Å². The number of carbonyl (C=O) groups is 1. The van der Waals surface area contributed by atoms with E-state index in [0.29, 0.717) is 13.2 Å². The number of rotatable bonds is 8. The van der Waals surface area contributed by atoms with Gasteiger partial charge in [-0.3, -0.25) is 0 Å². The Hall–Kier alpha value is -0.610. The van der Waals surface area contributed by atoms with Crippen LogP contribution in [0.25, 0.3) is 0 Å². The predicted molar refractivity (Wildman–Crippen MR) is 66.9 cm³/mol. The number of esters is 1. The molecule has 4 nitrogen and oxygen atoms in total. The van der Waals surface area contributed by atoms with E-state index in [1.807, 2.05) is 0 Å². The van der Waals surface area contributed by atoms with E-state index in [1.54, 1.807) is 0 Å². The molecule has 0 bridgehead atoms. The lowest BCUT2D eigenvalue weighted by molar-refractivity contribution is -0.155. The Bertz CT molecular complexity index is 215. The summed E-state index contributed by atoms with van der Waals surface area (Å²) in [6.45, 7) is 6.40. The van der Waals surface area contributed by atoms with Crippen molar-refractivity contribution in [2.75, 3.05) is 19.8 Å². The average Bonchev–Trinajstić information content (AvgIpc) is 2.87. The lowest BCUT2D eigenvalue weighted by Crippen LogP contribution is -2.36. The zero-order valence-corrected chi connectivity index (χ0v) is 11.0. The molecule has 0 amide bonds. The first kappa shape index (κ1) is 14.5. The molecule has 0 saturated carbocycles. The van der Waals surface area contributed by atoms with Crippen molar-refractivity contribution in [2.45, 2.75) is 58.1 Å². The summed E-state index contributed by atoms with van der Waals surface area (Å²) in [6, 6.07) is 0.270. The Balaban J connectivity index is 2.14. The summed E-state index contributed by atoms with van der Waals surface area (Å²) in [5.41, 5.74) is 0.